The first-order valence-electron chi connectivity index (χ1n) is 10.2. The third-order valence-corrected chi connectivity index (χ3v) is 5.15. The zero-order valence-electron chi connectivity index (χ0n) is 17.8. The van der Waals surface area contributed by atoms with Crippen molar-refractivity contribution >= 4 is 40.4 Å². The molecule has 0 spiro atoms. The first-order valence-corrected chi connectivity index (χ1v) is 10.2. The number of carbonyl (C=O) groups excluding carboxylic acids is 3. The van der Waals surface area contributed by atoms with Crippen molar-refractivity contribution in [2.24, 2.45) is 11.7 Å². The number of halogens is 1. The molecule has 3 rings (SSSR count). The van der Waals surface area contributed by atoms with Crippen molar-refractivity contribution in [1.29, 1.82) is 0 Å². The standard InChI is InChI=1S/C22H25FN6O3/c1-3-13(2)11-16(20(30)28-19-15(23)8-6-10-25-19)26-22(32)27-17-12-29(21(24)31)18-9-5-4-7-14(17)18/h4-10,12-13,16H,3,11H2,1-2H3,(H2,24,31)(H,25,28,30)(H2,26,27,32)/t13-,16+/m1/s1. The maximum atomic E-state index is 13.9. The fourth-order valence-electron chi connectivity index (χ4n) is 3.26. The van der Waals surface area contributed by atoms with Gasteiger partial charge in [0.15, 0.2) is 11.6 Å². The summed E-state index contributed by atoms with van der Waals surface area (Å²) in [5.74, 6) is -1.35. The van der Waals surface area contributed by atoms with Crippen LogP contribution in [0.4, 0.5) is 25.5 Å². The fraction of sp³-hybridized carbons (Fsp3) is 0.273. The highest BCUT2D eigenvalue weighted by Crippen LogP contribution is 2.25. The molecule has 2 heterocycles. The van der Waals surface area contributed by atoms with Crippen LogP contribution in [0.5, 0.6) is 0 Å². The number of fused-ring (bicyclic) bond motifs is 1. The van der Waals surface area contributed by atoms with Gasteiger partial charge in [-0.3, -0.25) is 9.36 Å². The molecule has 0 saturated carbocycles. The molecule has 0 fully saturated rings. The third kappa shape index (κ3) is 5.20. The van der Waals surface area contributed by atoms with Crippen LogP contribution in [0.2, 0.25) is 0 Å². The van der Waals surface area contributed by atoms with Crippen LogP contribution in [0.3, 0.4) is 0 Å². The first kappa shape index (κ1) is 22.7. The number of nitrogens with two attached hydrogens (primary N) is 1. The third-order valence-electron chi connectivity index (χ3n) is 5.15. The summed E-state index contributed by atoms with van der Waals surface area (Å²) in [5, 5.41) is 8.34. The molecule has 0 aliphatic heterocycles. The Hall–Kier alpha value is -3.95. The van der Waals surface area contributed by atoms with Gasteiger partial charge in [-0.05, 0) is 30.5 Å². The minimum absolute atomic E-state index is 0.122. The second-order valence-corrected chi connectivity index (χ2v) is 7.49. The molecule has 2 atom stereocenters. The molecule has 32 heavy (non-hydrogen) atoms. The molecule has 0 bridgehead atoms. The van der Waals surface area contributed by atoms with Crippen molar-refractivity contribution in [3.05, 3.63) is 54.6 Å². The zero-order chi connectivity index (χ0) is 23.3. The Labute approximate surface area is 184 Å². The van der Waals surface area contributed by atoms with Gasteiger partial charge in [0.05, 0.1) is 11.2 Å². The molecule has 10 heteroatoms. The Morgan fingerprint density at radius 2 is 1.91 bits per heavy atom. The Kier molecular flexibility index (Phi) is 7.04. The van der Waals surface area contributed by atoms with E-state index < -0.39 is 29.8 Å². The Balaban J connectivity index is 1.78. The van der Waals surface area contributed by atoms with Crippen molar-refractivity contribution in [3.63, 3.8) is 0 Å². The molecule has 0 unspecified atom stereocenters. The van der Waals surface area contributed by atoms with E-state index >= 15 is 0 Å². The van der Waals surface area contributed by atoms with Gasteiger partial charge >= 0.3 is 12.1 Å². The van der Waals surface area contributed by atoms with Crippen LogP contribution < -0.4 is 21.7 Å². The number of rotatable bonds is 7. The number of nitrogens with zero attached hydrogens (tertiary/aromatic N) is 2. The lowest BCUT2D eigenvalue weighted by atomic mass is 9.99. The predicted molar refractivity (Wildman–Crippen MR) is 120 cm³/mol. The molecular weight excluding hydrogens is 415 g/mol. The average Bonchev–Trinajstić information content (AvgIpc) is 3.13. The van der Waals surface area contributed by atoms with Crippen molar-refractivity contribution < 1.29 is 18.8 Å². The molecule has 0 aliphatic carbocycles. The number of nitrogens with one attached hydrogen (secondary N) is 3. The van der Waals surface area contributed by atoms with Crippen LogP contribution >= 0.6 is 0 Å². The van der Waals surface area contributed by atoms with Crippen molar-refractivity contribution in [2.45, 2.75) is 32.7 Å². The number of carbonyl (C=O) groups is 3. The lowest BCUT2D eigenvalue weighted by molar-refractivity contribution is -0.118. The SMILES string of the molecule is CC[C@@H](C)C[C@H](NC(=O)Nc1cn(C(N)=O)c2ccccc12)C(=O)Nc1ncccc1F. The fourth-order valence-corrected chi connectivity index (χ4v) is 3.26. The van der Waals surface area contributed by atoms with Crippen molar-refractivity contribution in [2.75, 3.05) is 10.6 Å². The molecule has 0 radical (unpaired) electrons. The van der Waals surface area contributed by atoms with Crippen molar-refractivity contribution in [3.8, 4) is 0 Å². The molecule has 168 valence electrons. The zero-order valence-corrected chi connectivity index (χ0v) is 17.8. The summed E-state index contributed by atoms with van der Waals surface area (Å²) in [6, 6.07) is 7.25. The number of urea groups is 1. The van der Waals surface area contributed by atoms with Gasteiger partial charge in [-0.15, -0.1) is 0 Å². The van der Waals surface area contributed by atoms with E-state index in [4.69, 9.17) is 5.73 Å². The second-order valence-electron chi connectivity index (χ2n) is 7.49. The highest BCUT2D eigenvalue weighted by molar-refractivity contribution is 6.05. The molecular formula is C22H25FN6O3. The number of amides is 4. The average molecular weight is 440 g/mol. The summed E-state index contributed by atoms with van der Waals surface area (Å²) in [4.78, 5) is 41.0. The predicted octanol–water partition coefficient (Wildman–Crippen LogP) is 3.67. The maximum Gasteiger partial charge on any atom is 0.323 e. The molecule has 1 aromatic carbocycles. The largest absolute Gasteiger partial charge is 0.351 e. The molecule has 3 aromatic rings. The van der Waals surface area contributed by atoms with Crippen LogP contribution in [0, 0.1) is 11.7 Å². The smallest absolute Gasteiger partial charge is 0.323 e. The molecule has 9 nitrogen and oxygen atoms in total. The van der Waals surface area contributed by atoms with Gasteiger partial charge < -0.3 is 21.7 Å². The van der Waals surface area contributed by atoms with Crippen LogP contribution in [-0.2, 0) is 4.79 Å². The van der Waals surface area contributed by atoms with Crippen LogP contribution in [-0.4, -0.2) is 33.6 Å². The maximum absolute atomic E-state index is 13.9. The summed E-state index contributed by atoms with van der Waals surface area (Å²) < 4.78 is 15.1. The Morgan fingerprint density at radius 3 is 2.59 bits per heavy atom. The normalized spacial score (nSPS) is 12.7. The number of pyridine rings is 1. The summed E-state index contributed by atoms with van der Waals surface area (Å²) in [6.45, 7) is 3.92. The van der Waals surface area contributed by atoms with E-state index in [9.17, 15) is 18.8 Å². The molecule has 0 saturated heterocycles. The number of benzene rings is 1. The van der Waals surface area contributed by atoms with Gasteiger partial charge in [-0.1, -0.05) is 38.5 Å². The van der Waals surface area contributed by atoms with E-state index in [1.807, 2.05) is 13.8 Å². The summed E-state index contributed by atoms with van der Waals surface area (Å²) >= 11 is 0. The number of hydrogen-bond acceptors (Lipinski definition) is 4. The summed E-state index contributed by atoms with van der Waals surface area (Å²) in [7, 11) is 0. The van der Waals surface area contributed by atoms with E-state index in [1.54, 1.807) is 24.3 Å². The van der Waals surface area contributed by atoms with Crippen LogP contribution in [0.25, 0.3) is 10.9 Å². The van der Waals surface area contributed by atoms with Gasteiger partial charge in [-0.25, -0.2) is 19.0 Å². The number of para-hydroxylation sites is 1. The Bertz CT molecular complexity index is 1150. The molecule has 5 N–H and O–H groups in total. The first-order chi connectivity index (χ1) is 15.3. The van der Waals surface area contributed by atoms with Crippen molar-refractivity contribution in [1.82, 2.24) is 14.9 Å². The molecule has 0 aliphatic rings. The number of primary amides is 1. The number of aromatic nitrogens is 2. The molecule has 4 amide bonds. The van der Waals surface area contributed by atoms with E-state index in [2.05, 4.69) is 20.9 Å². The lowest BCUT2D eigenvalue weighted by Gasteiger charge is -2.21. The lowest BCUT2D eigenvalue weighted by Crippen LogP contribution is -2.46. The van der Waals surface area contributed by atoms with Gasteiger partial charge in [0.2, 0.25) is 5.91 Å². The van der Waals surface area contributed by atoms with Crippen LogP contribution in [0.1, 0.15) is 26.7 Å². The van der Waals surface area contributed by atoms with Crippen LogP contribution in [0.15, 0.2) is 48.8 Å². The minimum atomic E-state index is -0.934. The van der Waals surface area contributed by atoms with Gasteiger partial charge in [-0.2, -0.15) is 0 Å². The van der Waals surface area contributed by atoms with E-state index in [0.29, 0.717) is 23.0 Å². The van der Waals surface area contributed by atoms with Gasteiger partial charge in [0.1, 0.15) is 6.04 Å². The summed E-state index contributed by atoms with van der Waals surface area (Å²) in [6.07, 6.45) is 3.90. The second kappa shape index (κ2) is 9.90. The van der Waals surface area contributed by atoms with E-state index in [0.717, 1.165) is 6.42 Å². The monoisotopic (exact) mass is 440 g/mol. The minimum Gasteiger partial charge on any atom is -0.351 e. The topological polar surface area (TPSA) is 131 Å². The number of hydrogen-bond donors (Lipinski definition) is 4. The Morgan fingerprint density at radius 1 is 1.16 bits per heavy atom. The van der Waals surface area contributed by atoms with Gasteiger partial charge in [0, 0.05) is 17.8 Å². The quantitative estimate of drug-likeness (QED) is 0.446. The highest BCUT2D eigenvalue weighted by Gasteiger charge is 2.24. The highest BCUT2D eigenvalue weighted by atomic mass is 19.1. The summed E-state index contributed by atoms with van der Waals surface area (Å²) in [5.41, 5.74) is 6.30. The molecule has 2 aromatic heterocycles. The van der Waals surface area contributed by atoms with Gasteiger partial charge in [0.25, 0.3) is 0 Å². The van der Waals surface area contributed by atoms with E-state index in [-0.39, 0.29) is 11.7 Å². The van der Waals surface area contributed by atoms with E-state index in [1.165, 1.54) is 29.1 Å². The number of anilines is 2.